The minimum Gasteiger partial charge on any atom is -0.264 e. The zero-order valence-corrected chi connectivity index (χ0v) is 32.0. The molecule has 10 rings (SSSR count). The fourth-order valence-electron chi connectivity index (χ4n) is 8.49. The van der Waals surface area contributed by atoms with Crippen LogP contribution in [0.25, 0.3) is 99.8 Å². The Morgan fingerprint density at radius 2 is 0.621 bits per heavy atom. The van der Waals surface area contributed by atoms with E-state index in [9.17, 15) is 0 Å². The SMILES string of the molecule is c1ccc(-c2cc(-c3cccc(-c4ccc(-c5ccc(-c6cccnc6)cc5)c5ccccc45)c3)c(-c3ccccc3)c(-c3ccccc3)c2-c2ccccc2)cc1. The van der Waals surface area contributed by atoms with Crippen LogP contribution in [0.1, 0.15) is 0 Å². The third kappa shape index (κ3) is 6.59. The molecule has 0 fully saturated rings. The maximum Gasteiger partial charge on any atom is 0.0346 e. The highest BCUT2D eigenvalue weighted by Crippen LogP contribution is 2.50. The first kappa shape index (κ1) is 34.8. The summed E-state index contributed by atoms with van der Waals surface area (Å²) in [7, 11) is 0. The molecule has 0 atom stereocenters. The van der Waals surface area contributed by atoms with Gasteiger partial charge in [0.1, 0.15) is 0 Å². The van der Waals surface area contributed by atoms with Gasteiger partial charge in [0.2, 0.25) is 0 Å². The molecule has 0 unspecified atom stereocenters. The maximum absolute atomic E-state index is 4.32. The third-order valence-electron chi connectivity index (χ3n) is 11.2. The van der Waals surface area contributed by atoms with Crippen molar-refractivity contribution in [2.24, 2.45) is 0 Å². The van der Waals surface area contributed by atoms with Crippen LogP contribution in [-0.4, -0.2) is 4.98 Å². The molecule has 272 valence electrons. The number of aromatic nitrogens is 1. The Kier molecular flexibility index (Phi) is 9.31. The van der Waals surface area contributed by atoms with Crippen molar-refractivity contribution in [2.75, 3.05) is 0 Å². The normalized spacial score (nSPS) is 11.1. The summed E-state index contributed by atoms with van der Waals surface area (Å²) in [5.74, 6) is 0. The molecule has 0 aliphatic rings. The van der Waals surface area contributed by atoms with E-state index in [0.717, 1.165) is 11.1 Å². The Morgan fingerprint density at radius 3 is 1.16 bits per heavy atom. The van der Waals surface area contributed by atoms with Crippen LogP contribution in [0.2, 0.25) is 0 Å². The fraction of sp³-hybridized carbons (Fsp3) is 0. The smallest absolute Gasteiger partial charge is 0.0346 e. The zero-order valence-electron chi connectivity index (χ0n) is 32.0. The lowest BCUT2D eigenvalue weighted by Gasteiger charge is -2.24. The van der Waals surface area contributed by atoms with Crippen molar-refractivity contribution in [3.8, 4) is 89.0 Å². The van der Waals surface area contributed by atoms with Crippen molar-refractivity contribution in [3.63, 3.8) is 0 Å². The van der Waals surface area contributed by atoms with Crippen LogP contribution in [0, 0.1) is 0 Å². The van der Waals surface area contributed by atoms with Gasteiger partial charge < -0.3 is 0 Å². The molecule has 0 N–H and O–H groups in total. The van der Waals surface area contributed by atoms with Crippen LogP contribution in [0.3, 0.4) is 0 Å². The highest BCUT2D eigenvalue weighted by Gasteiger charge is 2.24. The number of fused-ring (bicyclic) bond motifs is 1. The summed E-state index contributed by atoms with van der Waals surface area (Å²) < 4.78 is 0. The summed E-state index contributed by atoms with van der Waals surface area (Å²) in [5, 5.41) is 2.46. The van der Waals surface area contributed by atoms with Gasteiger partial charge in [0, 0.05) is 12.4 Å². The van der Waals surface area contributed by atoms with Gasteiger partial charge in [0.15, 0.2) is 0 Å². The highest BCUT2D eigenvalue weighted by atomic mass is 14.6. The monoisotopic (exact) mass is 737 g/mol. The summed E-state index contributed by atoms with van der Waals surface area (Å²) >= 11 is 0. The first-order valence-corrected chi connectivity index (χ1v) is 19.9. The second-order valence-electron chi connectivity index (χ2n) is 14.7. The summed E-state index contributed by atoms with van der Waals surface area (Å²) in [6.45, 7) is 0. The van der Waals surface area contributed by atoms with Gasteiger partial charge in [0.05, 0.1) is 0 Å². The molecule has 9 aromatic carbocycles. The van der Waals surface area contributed by atoms with Gasteiger partial charge in [-0.25, -0.2) is 0 Å². The lowest BCUT2D eigenvalue weighted by atomic mass is 9.78. The number of nitrogens with zero attached hydrogens (tertiary/aromatic N) is 1. The predicted octanol–water partition coefficient (Wildman–Crippen LogP) is 15.6. The minimum absolute atomic E-state index is 1.12. The quantitative estimate of drug-likeness (QED) is 0.151. The molecule has 1 heteroatoms. The van der Waals surface area contributed by atoms with Gasteiger partial charge >= 0.3 is 0 Å². The van der Waals surface area contributed by atoms with Gasteiger partial charge in [-0.15, -0.1) is 0 Å². The van der Waals surface area contributed by atoms with Crippen molar-refractivity contribution < 1.29 is 0 Å². The molecule has 0 aliphatic carbocycles. The molecule has 0 amide bonds. The number of rotatable bonds is 8. The van der Waals surface area contributed by atoms with E-state index in [4.69, 9.17) is 0 Å². The first-order chi connectivity index (χ1) is 28.8. The Morgan fingerprint density at radius 1 is 0.224 bits per heavy atom. The molecule has 0 aliphatic heterocycles. The van der Waals surface area contributed by atoms with Crippen LogP contribution in [0.15, 0.2) is 237 Å². The van der Waals surface area contributed by atoms with E-state index in [1.807, 2.05) is 18.5 Å². The molecule has 58 heavy (non-hydrogen) atoms. The Hall–Kier alpha value is -7.61. The number of pyridine rings is 1. The topological polar surface area (TPSA) is 12.9 Å². The van der Waals surface area contributed by atoms with Gasteiger partial charge in [-0.3, -0.25) is 4.98 Å². The zero-order chi connectivity index (χ0) is 38.7. The predicted molar refractivity (Wildman–Crippen MR) is 245 cm³/mol. The summed E-state index contributed by atoms with van der Waals surface area (Å²) in [6.07, 6.45) is 3.73. The van der Waals surface area contributed by atoms with E-state index >= 15 is 0 Å². The minimum atomic E-state index is 1.12. The van der Waals surface area contributed by atoms with Gasteiger partial charge in [-0.2, -0.15) is 0 Å². The van der Waals surface area contributed by atoms with Crippen molar-refractivity contribution in [1.29, 1.82) is 0 Å². The summed E-state index contributed by atoms with van der Waals surface area (Å²) in [4.78, 5) is 4.32. The molecule has 1 heterocycles. The first-order valence-electron chi connectivity index (χ1n) is 19.9. The molecular formula is C57H39N. The van der Waals surface area contributed by atoms with Crippen molar-refractivity contribution in [3.05, 3.63) is 237 Å². The fourth-order valence-corrected chi connectivity index (χ4v) is 8.49. The Bertz CT molecular complexity index is 2990. The standard InChI is InChI=1S/C57H39N/c1-5-17-41(18-6-1)53-38-54(56(44-21-9-3-10-22-44)57(45-23-11-4-12-24-45)55(53)43-19-7-2-8-20-43)47-26-15-25-46(37-47)50-35-34-49(51-28-13-14-29-52(50)51)42-32-30-40(31-33-42)48-27-16-36-58-39-48/h1-39H. The lowest BCUT2D eigenvalue weighted by molar-refractivity contribution is 1.33. The van der Waals surface area contributed by atoms with Crippen LogP contribution >= 0.6 is 0 Å². The van der Waals surface area contributed by atoms with Crippen molar-refractivity contribution in [2.45, 2.75) is 0 Å². The van der Waals surface area contributed by atoms with Crippen LogP contribution in [-0.2, 0) is 0 Å². The molecule has 0 bridgehead atoms. The highest BCUT2D eigenvalue weighted by molar-refractivity contribution is 6.09. The van der Waals surface area contributed by atoms with Crippen LogP contribution in [0.5, 0.6) is 0 Å². The van der Waals surface area contributed by atoms with Crippen molar-refractivity contribution >= 4 is 10.8 Å². The van der Waals surface area contributed by atoms with Gasteiger partial charge in [-0.05, 0) is 118 Å². The molecule has 1 nitrogen and oxygen atoms in total. The molecule has 0 saturated carbocycles. The summed E-state index contributed by atoms with van der Waals surface area (Å²) in [6, 6.07) is 81.4. The van der Waals surface area contributed by atoms with Gasteiger partial charge in [-0.1, -0.05) is 206 Å². The van der Waals surface area contributed by atoms with E-state index in [1.165, 1.54) is 88.7 Å². The van der Waals surface area contributed by atoms with E-state index in [1.54, 1.807) is 0 Å². The van der Waals surface area contributed by atoms with E-state index in [-0.39, 0.29) is 0 Å². The van der Waals surface area contributed by atoms with Crippen LogP contribution in [0.4, 0.5) is 0 Å². The van der Waals surface area contributed by atoms with Gasteiger partial charge in [0.25, 0.3) is 0 Å². The lowest BCUT2D eigenvalue weighted by Crippen LogP contribution is -1.98. The number of hydrogen-bond acceptors (Lipinski definition) is 1. The molecular weight excluding hydrogens is 699 g/mol. The van der Waals surface area contributed by atoms with Crippen LogP contribution < -0.4 is 0 Å². The molecule has 0 spiro atoms. The molecule has 10 aromatic rings. The maximum atomic E-state index is 4.32. The Labute approximate surface area is 340 Å². The van der Waals surface area contributed by atoms with E-state index in [0.29, 0.717) is 0 Å². The van der Waals surface area contributed by atoms with E-state index < -0.39 is 0 Å². The van der Waals surface area contributed by atoms with E-state index in [2.05, 4.69) is 223 Å². The Balaban J connectivity index is 1.19. The molecule has 0 saturated heterocycles. The third-order valence-corrected chi connectivity index (χ3v) is 11.2. The largest absolute Gasteiger partial charge is 0.264 e. The summed E-state index contributed by atoms with van der Waals surface area (Å²) in [5.41, 5.74) is 19.1. The molecule has 1 aromatic heterocycles. The van der Waals surface area contributed by atoms with Crippen molar-refractivity contribution in [1.82, 2.24) is 4.98 Å². The molecule has 0 radical (unpaired) electrons. The average molecular weight is 738 g/mol. The second kappa shape index (κ2) is 15.5. The number of benzene rings is 9. The second-order valence-corrected chi connectivity index (χ2v) is 14.7. The number of hydrogen-bond donors (Lipinski definition) is 0. The average Bonchev–Trinajstić information content (AvgIpc) is 3.32.